The van der Waals surface area contributed by atoms with Crippen molar-refractivity contribution in [1.82, 2.24) is 0 Å². The van der Waals surface area contributed by atoms with E-state index in [0.717, 1.165) is 12.1 Å². The molecule has 0 bridgehead atoms. The third kappa shape index (κ3) is 3.92. The first kappa shape index (κ1) is 15.3. The van der Waals surface area contributed by atoms with Crippen LogP contribution in [0.4, 0.5) is 13.2 Å². The number of hydrogen-bond acceptors (Lipinski definition) is 2. The van der Waals surface area contributed by atoms with Crippen LogP contribution in [0.1, 0.15) is 22.7 Å². The summed E-state index contributed by atoms with van der Waals surface area (Å²) in [5.41, 5.74) is 6.03. The minimum absolute atomic E-state index is 0.125. The highest BCUT2D eigenvalue weighted by Gasteiger charge is 2.30. The van der Waals surface area contributed by atoms with Gasteiger partial charge in [-0.25, -0.2) is 0 Å². The van der Waals surface area contributed by atoms with Gasteiger partial charge in [-0.2, -0.15) is 13.2 Å². The molecule has 21 heavy (non-hydrogen) atoms. The highest BCUT2D eigenvalue weighted by Crippen LogP contribution is 2.29. The second kappa shape index (κ2) is 6.10. The molecule has 0 radical (unpaired) electrons. The lowest BCUT2D eigenvalue weighted by molar-refractivity contribution is -0.137. The minimum atomic E-state index is -4.42. The average Bonchev–Trinajstić information content (AvgIpc) is 2.47. The van der Waals surface area contributed by atoms with E-state index in [4.69, 9.17) is 5.73 Å². The van der Waals surface area contributed by atoms with Gasteiger partial charge in [0.15, 0.2) is 5.78 Å². The molecule has 0 amide bonds. The van der Waals surface area contributed by atoms with Crippen molar-refractivity contribution in [2.24, 2.45) is 5.73 Å². The van der Waals surface area contributed by atoms with Crippen molar-refractivity contribution < 1.29 is 18.0 Å². The van der Waals surface area contributed by atoms with Gasteiger partial charge in [0.05, 0.1) is 11.6 Å². The summed E-state index contributed by atoms with van der Waals surface area (Å²) >= 11 is 0. The van der Waals surface area contributed by atoms with Crippen LogP contribution in [0, 0.1) is 0 Å². The van der Waals surface area contributed by atoms with Crippen LogP contribution in [0.25, 0.3) is 0 Å². The van der Waals surface area contributed by atoms with Crippen molar-refractivity contribution in [3.8, 4) is 0 Å². The first-order valence-corrected chi connectivity index (χ1v) is 6.37. The Labute approximate surface area is 120 Å². The third-order valence-electron chi connectivity index (χ3n) is 3.14. The van der Waals surface area contributed by atoms with Crippen LogP contribution in [0.5, 0.6) is 0 Å². The Morgan fingerprint density at radius 2 is 1.71 bits per heavy atom. The molecule has 0 heterocycles. The van der Waals surface area contributed by atoms with E-state index < -0.39 is 17.8 Å². The summed E-state index contributed by atoms with van der Waals surface area (Å²) in [5.74, 6) is -0.319. The van der Waals surface area contributed by atoms with Gasteiger partial charge in [-0.05, 0) is 17.2 Å². The Morgan fingerprint density at radius 1 is 1.05 bits per heavy atom. The quantitative estimate of drug-likeness (QED) is 0.937. The van der Waals surface area contributed by atoms with E-state index in [1.54, 1.807) is 30.3 Å². The van der Waals surface area contributed by atoms with Crippen LogP contribution in [-0.4, -0.2) is 5.78 Å². The molecule has 0 saturated heterocycles. The summed E-state index contributed by atoms with van der Waals surface area (Å²) < 4.78 is 37.9. The predicted octanol–water partition coefficient (Wildman–Crippen LogP) is 3.52. The normalized spacial score (nSPS) is 13.0. The van der Waals surface area contributed by atoms with Gasteiger partial charge in [0, 0.05) is 6.42 Å². The molecule has 0 saturated carbocycles. The van der Waals surface area contributed by atoms with Gasteiger partial charge < -0.3 is 5.73 Å². The van der Waals surface area contributed by atoms with Crippen molar-refractivity contribution in [3.63, 3.8) is 0 Å². The second-order valence-corrected chi connectivity index (χ2v) is 4.73. The van der Waals surface area contributed by atoms with E-state index in [0.29, 0.717) is 11.1 Å². The topological polar surface area (TPSA) is 43.1 Å². The molecule has 5 heteroatoms. The zero-order chi connectivity index (χ0) is 15.5. The number of hydrogen-bond donors (Lipinski definition) is 1. The standard InChI is InChI=1S/C16H14F3NO/c17-16(18,19)13-8-4-5-11(9-13)10-14(21)15(20)12-6-2-1-3-7-12/h1-9,15H,10,20H2. The van der Waals surface area contributed by atoms with Crippen LogP contribution in [-0.2, 0) is 17.4 Å². The molecule has 2 aromatic carbocycles. The van der Waals surface area contributed by atoms with Gasteiger partial charge >= 0.3 is 6.18 Å². The van der Waals surface area contributed by atoms with E-state index in [2.05, 4.69) is 0 Å². The lowest BCUT2D eigenvalue weighted by atomic mass is 9.97. The van der Waals surface area contributed by atoms with E-state index >= 15 is 0 Å². The number of alkyl halides is 3. The summed E-state index contributed by atoms with van der Waals surface area (Å²) in [6.45, 7) is 0. The van der Waals surface area contributed by atoms with Gasteiger partial charge in [0.25, 0.3) is 0 Å². The number of carbonyl (C=O) groups is 1. The Kier molecular flexibility index (Phi) is 4.43. The van der Waals surface area contributed by atoms with Crippen molar-refractivity contribution >= 4 is 5.78 Å². The molecule has 2 aromatic rings. The fraction of sp³-hybridized carbons (Fsp3) is 0.188. The molecule has 110 valence electrons. The van der Waals surface area contributed by atoms with Gasteiger partial charge in [-0.15, -0.1) is 0 Å². The van der Waals surface area contributed by atoms with E-state index in [-0.39, 0.29) is 12.2 Å². The molecule has 2 rings (SSSR count). The monoisotopic (exact) mass is 293 g/mol. The molecule has 0 aliphatic heterocycles. The molecule has 0 aliphatic rings. The fourth-order valence-electron chi connectivity index (χ4n) is 2.02. The molecule has 2 nitrogen and oxygen atoms in total. The number of Topliss-reactive ketones (excluding diaryl/α,β-unsaturated/α-hetero) is 1. The molecule has 0 fully saturated rings. The molecular weight excluding hydrogens is 279 g/mol. The summed E-state index contributed by atoms with van der Waals surface area (Å²) in [5, 5.41) is 0. The molecule has 1 unspecified atom stereocenters. The zero-order valence-corrected chi connectivity index (χ0v) is 11.1. The summed E-state index contributed by atoms with van der Waals surface area (Å²) in [6.07, 6.45) is -4.54. The maximum atomic E-state index is 12.6. The highest BCUT2D eigenvalue weighted by molar-refractivity contribution is 5.87. The largest absolute Gasteiger partial charge is 0.416 e. The summed E-state index contributed by atoms with van der Waals surface area (Å²) in [6, 6.07) is 12.7. The molecule has 0 aromatic heterocycles. The minimum Gasteiger partial charge on any atom is -0.318 e. The number of nitrogens with two attached hydrogens (primary N) is 1. The summed E-state index contributed by atoms with van der Waals surface area (Å²) in [4.78, 5) is 12.1. The number of halogens is 3. The Morgan fingerprint density at radius 3 is 2.33 bits per heavy atom. The number of ketones is 1. The third-order valence-corrected chi connectivity index (χ3v) is 3.14. The second-order valence-electron chi connectivity index (χ2n) is 4.73. The molecule has 2 N–H and O–H groups in total. The number of carbonyl (C=O) groups excluding carboxylic acids is 1. The molecule has 1 atom stereocenters. The fourth-order valence-corrected chi connectivity index (χ4v) is 2.02. The smallest absolute Gasteiger partial charge is 0.318 e. The van der Waals surface area contributed by atoms with Gasteiger partial charge in [0.2, 0.25) is 0 Å². The van der Waals surface area contributed by atoms with E-state index in [1.165, 1.54) is 12.1 Å². The first-order chi connectivity index (χ1) is 9.88. The lowest BCUT2D eigenvalue weighted by Gasteiger charge is -2.12. The van der Waals surface area contributed by atoms with E-state index in [1.807, 2.05) is 0 Å². The molecular formula is C16H14F3NO. The lowest BCUT2D eigenvalue weighted by Crippen LogP contribution is -2.23. The zero-order valence-electron chi connectivity index (χ0n) is 11.1. The van der Waals surface area contributed by atoms with Crippen LogP contribution < -0.4 is 5.73 Å². The van der Waals surface area contributed by atoms with Gasteiger partial charge in [0.1, 0.15) is 0 Å². The van der Waals surface area contributed by atoms with E-state index in [9.17, 15) is 18.0 Å². The Hall–Kier alpha value is -2.14. The Balaban J connectivity index is 2.13. The van der Waals surface area contributed by atoms with Crippen LogP contribution >= 0.6 is 0 Å². The first-order valence-electron chi connectivity index (χ1n) is 6.37. The maximum Gasteiger partial charge on any atom is 0.416 e. The highest BCUT2D eigenvalue weighted by atomic mass is 19.4. The van der Waals surface area contributed by atoms with Crippen molar-refractivity contribution in [3.05, 3.63) is 71.3 Å². The Bertz CT molecular complexity index is 623. The SMILES string of the molecule is NC(C(=O)Cc1cccc(C(F)(F)F)c1)c1ccccc1. The van der Waals surface area contributed by atoms with Crippen molar-refractivity contribution in [1.29, 1.82) is 0 Å². The van der Waals surface area contributed by atoms with Crippen LogP contribution in [0.2, 0.25) is 0 Å². The van der Waals surface area contributed by atoms with Crippen molar-refractivity contribution in [2.75, 3.05) is 0 Å². The molecule has 0 aliphatic carbocycles. The summed E-state index contributed by atoms with van der Waals surface area (Å²) in [7, 11) is 0. The van der Waals surface area contributed by atoms with Gasteiger partial charge in [-0.3, -0.25) is 4.79 Å². The van der Waals surface area contributed by atoms with Crippen molar-refractivity contribution in [2.45, 2.75) is 18.6 Å². The maximum absolute atomic E-state index is 12.6. The number of rotatable bonds is 4. The van der Waals surface area contributed by atoms with Gasteiger partial charge in [-0.1, -0.05) is 48.5 Å². The van der Waals surface area contributed by atoms with Crippen LogP contribution in [0.15, 0.2) is 54.6 Å². The average molecular weight is 293 g/mol. The van der Waals surface area contributed by atoms with Crippen LogP contribution in [0.3, 0.4) is 0 Å². The molecule has 0 spiro atoms. The number of benzene rings is 2. The predicted molar refractivity (Wildman–Crippen MR) is 73.5 cm³/mol.